The molecule has 3 N–H and O–H groups in total. The van der Waals surface area contributed by atoms with Gasteiger partial charge in [-0.3, -0.25) is 4.68 Å². The number of hydrogen-bond donors (Lipinski definition) is 2. The maximum atomic E-state index is 12.5. The highest BCUT2D eigenvalue weighted by Gasteiger charge is 2.20. The van der Waals surface area contributed by atoms with E-state index in [1.165, 1.54) is 4.68 Å². The Morgan fingerprint density at radius 2 is 1.81 bits per heavy atom. The Morgan fingerprint density at radius 1 is 1.24 bits per heavy atom. The molecule has 0 unspecified atom stereocenters. The molecule has 6 nitrogen and oxygen atoms in total. The summed E-state index contributed by atoms with van der Waals surface area (Å²) < 4.78 is 29.1. The molecule has 1 heterocycles. The summed E-state index contributed by atoms with van der Waals surface area (Å²) >= 11 is 0. The summed E-state index contributed by atoms with van der Waals surface area (Å²) in [6.07, 6.45) is 1.56. The van der Waals surface area contributed by atoms with Gasteiger partial charge in [-0.2, -0.15) is 5.10 Å². The molecule has 0 aliphatic rings. The van der Waals surface area contributed by atoms with E-state index in [-0.39, 0.29) is 6.54 Å². The first-order valence-corrected chi connectivity index (χ1v) is 8.04. The van der Waals surface area contributed by atoms with Crippen LogP contribution in [0.4, 0.5) is 5.82 Å². The largest absolute Gasteiger partial charge is 0.384 e. The number of nitrogens with two attached hydrogens (primary N) is 1. The first-order chi connectivity index (χ1) is 9.72. The quantitative estimate of drug-likeness (QED) is 0.893. The molecular weight excluding hydrogens is 288 g/mol. The highest BCUT2D eigenvalue weighted by molar-refractivity contribution is 7.89. The van der Waals surface area contributed by atoms with Crippen molar-refractivity contribution in [1.29, 1.82) is 0 Å². The van der Waals surface area contributed by atoms with Crippen molar-refractivity contribution in [3.8, 4) is 0 Å². The fourth-order valence-electron chi connectivity index (χ4n) is 2.46. The molecule has 0 fully saturated rings. The fraction of sp³-hybridized carbons (Fsp3) is 0.357. The molecule has 0 saturated heterocycles. The number of benzene rings is 1. The number of anilines is 1. The molecule has 0 bridgehead atoms. The molecule has 2 aromatic rings. The molecule has 7 heteroatoms. The van der Waals surface area contributed by atoms with Crippen molar-refractivity contribution in [2.24, 2.45) is 7.05 Å². The van der Waals surface area contributed by atoms with E-state index in [0.29, 0.717) is 16.3 Å². The summed E-state index contributed by atoms with van der Waals surface area (Å²) in [5.74, 6) is 0.454. The first-order valence-electron chi connectivity index (χ1n) is 6.56. The molecule has 0 aliphatic heterocycles. The van der Waals surface area contributed by atoms with Crippen LogP contribution in [0.15, 0.2) is 23.2 Å². The Balaban J connectivity index is 2.29. The monoisotopic (exact) mass is 308 g/mol. The Kier molecular flexibility index (Phi) is 4.06. The van der Waals surface area contributed by atoms with Crippen molar-refractivity contribution >= 4 is 15.8 Å². The third-order valence-electron chi connectivity index (χ3n) is 3.39. The molecule has 0 aliphatic carbocycles. The maximum Gasteiger partial charge on any atom is 0.241 e. The van der Waals surface area contributed by atoms with Crippen LogP contribution >= 0.6 is 0 Å². The Hall–Kier alpha value is -1.86. The molecule has 114 valence electrons. The molecule has 21 heavy (non-hydrogen) atoms. The lowest BCUT2D eigenvalue weighted by Gasteiger charge is -2.13. The number of nitrogen functional groups attached to an aromatic ring is 1. The van der Waals surface area contributed by atoms with E-state index >= 15 is 0 Å². The van der Waals surface area contributed by atoms with Gasteiger partial charge >= 0.3 is 0 Å². The van der Waals surface area contributed by atoms with E-state index in [4.69, 9.17) is 5.73 Å². The normalized spacial score (nSPS) is 11.8. The van der Waals surface area contributed by atoms with Gasteiger partial charge < -0.3 is 5.73 Å². The summed E-state index contributed by atoms with van der Waals surface area (Å²) in [5, 5.41) is 3.99. The van der Waals surface area contributed by atoms with E-state index in [1.807, 2.05) is 19.1 Å². The van der Waals surface area contributed by atoms with Crippen LogP contribution in [0.2, 0.25) is 0 Å². The van der Waals surface area contributed by atoms with Crippen molar-refractivity contribution in [2.45, 2.75) is 32.2 Å². The van der Waals surface area contributed by atoms with Gasteiger partial charge in [-0.25, -0.2) is 13.1 Å². The smallest absolute Gasteiger partial charge is 0.241 e. The second kappa shape index (κ2) is 5.50. The Labute approximate surface area is 125 Å². The average Bonchev–Trinajstić information content (AvgIpc) is 2.66. The molecule has 2 rings (SSSR count). The molecule has 1 aromatic heterocycles. The number of rotatable bonds is 4. The minimum absolute atomic E-state index is 0.120. The van der Waals surface area contributed by atoms with Crippen LogP contribution in [0.25, 0.3) is 0 Å². The predicted molar refractivity (Wildman–Crippen MR) is 82.3 cm³/mol. The number of nitrogens with zero attached hydrogens (tertiary/aromatic N) is 2. The molecule has 0 radical (unpaired) electrons. The summed E-state index contributed by atoms with van der Waals surface area (Å²) in [6.45, 7) is 5.66. The summed E-state index contributed by atoms with van der Waals surface area (Å²) in [7, 11) is -1.88. The molecular formula is C14H20N4O2S. The second-order valence-corrected chi connectivity index (χ2v) is 6.93. The lowest BCUT2D eigenvalue weighted by Crippen LogP contribution is -2.25. The van der Waals surface area contributed by atoms with Gasteiger partial charge in [0.05, 0.1) is 11.1 Å². The van der Waals surface area contributed by atoms with E-state index in [2.05, 4.69) is 9.82 Å². The van der Waals surface area contributed by atoms with Gasteiger partial charge in [0.2, 0.25) is 10.0 Å². The molecule has 1 aromatic carbocycles. The third kappa shape index (κ3) is 3.08. The predicted octanol–water partition coefficient (Wildman–Crippen LogP) is 1.41. The lowest BCUT2D eigenvalue weighted by atomic mass is 10.1. The Morgan fingerprint density at radius 3 is 2.29 bits per heavy atom. The number of aromatic nitrogens is 2. The lowest BCUT2D eigenvalue weighted by molar-refractivity contribution is 0.580. The SMILES string of the molecule is Cc1cc(C)c(S(=O)(=O)NCc2cnn(C)c2N)c(C)c1. The molecule has 0 atom stereocenters. The summed E-state index contributed by atoms with van der Waals surface area (Å²) in [5.41, 5.74) is 8.98. The van der Waals surface area contributed by atoms with Crippen LogP contribution in [0.5, 0.6) is 0 Å². The van der Waals surface area contributed by atoms with Crippen LogP contribution in [0.3, 0.4) is 0 Å². The summed E-state index contributed by atoms with van der Waals surface area (Å²) in [4.78, 5) is 0.329. The zero-order valence-electron chi connectivity index (χ0n) is 12.6. The average molecular weight is 308 g/mol. The standard InChI is InChI=1S/C14H20N4O2S/c1-9-5-10(2)13(11(3)6-9)21(19,20)17-8-12-7-16-18(4)14(12)15/h5-7,17H,8,15H2,1-4H3. The number of aryl methyl sites for hydroxylation is 4. The minimum atomic E-state index is -3.59. The van der Waals surface area contributed by atoms with Gasteiger partial charge in [-0.1, -0.05) is 17.7 Å². The Bertz CT molecular complexity index is 755. The van der Waals surface area contributed by atoms with E-state index in [1.54, 1.807) is 27.1 Å². The van der Waals surface area contributed by atoms with Gasteiger partial charge in [-0.15, -0.1) is 0 Å². The van der Waals surface area contributed by atoms with Crippen molar-refractivity contribution in [3.63, 3.8) is 0 Å². The van der Waals surface area contributed by atoms with Gasteiger partial charge in [-0.05, 0) is 31.9 Å². The van der Waals surface area contributed by atoms with Crippen LogP contribution in [-0.4, -0.2) is 18.2 Å². The molecule has 0 spiro atoms. The van der Waals surface area contributed by atoms with Gasteiger partial charge in [0.15, 0.2) is 0 Å². The number of nitrogens with one attached hydrogen (secondary N) is 1. The van der Waals surface area contributed by atoms with Crippen molar-refractivity contribution in [2.75, 3.05) is 5.73 Å². The number of sulfonamides is 1. The zero-order chi connectivity index (χ0) is 15.8. The van der Waals surface area contributed by atoms with E-state index in [0.717, 1.165) is 16.7 Å². The maximum absolute atomic E-state index is 12.5. The zero-order valence-corrected chi connectivity index (χ0v) is 13.5. The first kappa shape index (κ1) is 15.5. The van der Waals surface area contributed by atoms with Crippen molar-refractivity contribution in [3.05, 3.63) is 40.6 Å². The van der Waals surface area contributed by atoms with Crippen molar-refractivity contribution in [1.82, 2.24) is 14.5 Å². The highest BCUT2D eigenvalue weighted by atomic mass is 32.2. The highest BCUT2D eigenvalue weighted by Crippen LogP contribution is 2.22. The fourth-order valence-corrected chi connectivity index (χ4v) is 3.92. The number of hydrogen-bond acceptors (Lipinski definition) is 4. The van der Waals surface area contributed by atoms with Crippen LogP contribution in [-0.2, 0) is 23.6 Å². The van der Waals surface area contributed by atoms with Gasteiger partial charge in [0.1, 0.15) is 5.82 Å². The van der Waals surface area contributed by atoms with Crippen molar-refractivity contribution < 1.29 is 8.42 Å². The second-order valence-electron chi connectivity index (χ2n) is 5.23. The van der Waals surface area contributed by atoms with Crippen LogP contribution < -0.4 is 10.5 Å². The summed E-state index contributed by atoms with van der Waals surface area (Å²) in [6, 6.07) is 3.72. The van der Waals surface area contributed by atoms with Crippen LogP contribution in [0, 0.1) is 20.8 Å². The van der Waals surface area contributed by atoms with E-state index in [9.17, 15) is 8.42 Å². The molecule has 0 amide bonds. The topological polar surface area (TPSA) is 90.0 Å². The molecule has 0 saturated carbocycles. The minimum Gasteiger partial charge on any atom is -0.384 e. The third-order valence-corrected chi connectivity index (χ3v) is 5.10. The van der Waals surface area contributed by atoms with E-state index < -0.39 is 10.0 Å². The van der Waals surface area contributed by atoms with Gasteiger partial charge in [0, 0.05) is 19.2 Å². The van der Waals surface area contributed by atoms with Crippen LogP contribution in [0.1, 0.15) is 22.3 Å². The van der Waals surface area contributed by atoms with Gasteiger partial charge in [0.25, 0.3) is 0 Å².